The number of rotatable bonds is 5. The van der Waals surface area contributed by atoms with Gasteiger partial charge in [0.25, 0.3) is 0 Å². The highest BCUT2D eigenvalue weighted by molar-refractivity contribution is 7.88. The lowest BCUT2D eigenvalue weighted by molar-refractivity contribution is -0.136. The third kappa shape index (κ3) is 4.17. The second-order valence-electron chi connectivity index (χ2n) is 4.05. The number of carbonyl (C=O) groups excluding carboxylic acids is 1. The summed E-state index contributed by atoms with van der Waals surface area (Å²) in [6, 6.07) is 0. The van der Waals surface area contributed by atoms with Crippen molar-refractivity contribution in [3.63, 3.8) is 0 Å². The highest BCUT2D eigenvalue weighted by atomic mass is 32.2. The Hall–Kier alpha value is -0.620. The van der Waals surface area contributed by atoms with Gasteiger partial charge in [0.15, 0.2) is 0 Å². The van der Waals surface area contributed by atoms with Crippen LogP contribution in [0, 0.1) is 5.92 Å². The minimum atomic E-state index is -3.15. The lowest BCUT2D eigenvalue weighted by atomic mass is 9.84. The Balaban J connectivity index is 2.23. The maximum absolute atomic E-state index is 11.6. The molecule has 5 nitrogen and oxygen atoms in total. The summed E-state index contributed by atoms with van der Waals surface area (Å²) in [4.78, 5) is 13.2. The highest BCUT2D eigenvalue weighted by Gasteiger charge is 2.27. The fraction of sp³-hybridized carbons (Fsp3) is 0.889. The first kappa shape index (κ1) is 12.4. The fourth-order valence-corrected chi connectivity index (χ4v) is 1.94. The van der Waals surface area contributed by atoms with E-state index in [1.165, 1.54) is 0 Å². The number of nitrogens with one attached hydrogen (secondary N) is 1. The van der Waals surface area contributed by atoms with Gasteiger partial charge in [-0.3, -0.25) is 4.79 Å². The molecule has 0 aromatic heterocycles. The zero-order valence-corrected chi connectivity index (χ0v) is 10.0. The molecule has 6 heteroatoms. The molecular weight excluding hydrogens is 216 g/mol. The summed E-state index contributed by atoms with van der Waals surface area (Å²) in [5, 5.41) is 0. The molecule has 0 saturated heterocycles. The molecule has 1 amide bonds. The Morgan fingerprint density at radius 1 is 1.47 bits per heavy atom. The minimum Gasteiger partial charge on any atom is -0.344 e. The Bertz CT molecular complexity index is 322. The molecule has 0 aromatic carbocycles. The van der Waals surface area contributed by atoms with Crippen LogP contribution in [0.25, 0.3) is 0 Å². The van der Waals surface area contributed by atoms with Crippen molar-refractivity contribution in [3.05, 3.63) is 0 Å². The van der Waals surface area contributed by atoms with Gasteiger partial charge in [0.1, 0.15) is 0 Å². The van der Waals surface area contributed by atoms with Gasteiger partial charge in [0, 0.05) is 26.1 Å². The molecule has 1 fully saturated rings. The molecule has 0 atom stereocenters. The van der Waals surface area contributed by atoms with Crippen LogP contribution in [0.15, 0.2) is 0 Å². The second-order valence-corrected chi connectivity index (χ2v) is 5.89. The van der Waals surface area contributed by atoms with Crippen molar-refractivity contribution in [1.82, 2.24) is 9.62 Å². The van der Waals surface area contributed by atoms with Gasteiger partial charge in [-0.15, -0.1) is 0 Å². The van der Waals surface area contributed by atoms with Crippen LogP contribution in [0.5, 0.6) is 0 Å². The first-order valence-electron chi connectivity index (χ1n) is 5.10. The van der Waals surface area contributed by atoms with E-state index in [2.05, 4.69) is 4.72 Å². The zero-order valence-electron chi connectivity index (χ0n) is 9.19. The van der Waals surface area contributed by atoms with Crippen LogP contribution in [0.2, 0.25) is 0 Å². The van der Waals surface area contributed by atoms with Gasteiger partial charge in [-0.25, -0.2) is 13.1 Å². The van der Waals surface area contributed by atoms with Crippen molar-refractivity contribution in [2.24, 2.45) is 5.92 Å². The lowest BCUT2D eigenvalue weighted by Crippen LogP contribution is -2.40. The van der Waals surface area contributed by atoms with Crippen LogP contribution in [0.4, 0.5) is 0 Å². The van der Waals surface area contributed by atoms with E-state index in [-0.39, 0.29) is 18.4 Å². The molecule has 0 aromatic rings. The van der Waals surface area contributed by atoms with E-state index >= 15 is 0 Å². The predicted octanol–water partition coefficient (Wildman–Crippen LogP) is -0.206. The Morgan fingerprint density at radius 3 is 2.47 bits per heavy atom. The number of hydrogen-bond donors (Lipinski definition) is 1. The molecule has 88 valence electrons. The summed E-state index contributed by atoms with van der Waals surface area (Å²) in [7, 11) is -1.43. The van der Waals surface area contributed by atoms with Gasteiger partial charge < -0.3 is 4.90 Å². The van der Waals surface area contributed by atoms with Gasteiger partial charge in [0.05, 0.1) is 6.26 Å². The van der Waals surface area contributed by atoms with E-state index in [1.54, 1.807) is 11.9 Å². The van der Waals surface area contributed by atoms with Gasteiger partial charge in [0.2, 0.25) is 15.9 Å². The van der Waals surface area contributed by atoms with Crippen LogP contribution in [0.3, 0.4) is 0 Å². The summed E-state index contributed by atoms with van der Waals surface area (Å²) in [5.74, 6) is 0.310. The van der Waals surface area contributed by atoms with Crippen molar-refractivity contribution in [1.29, 1.82) is 0 Å². The number of hydrogen-bond acceptors (Lipinski definition) is 3. The fourth-order valence-electron chi connectivity index (χ4n) is 1.48. The van der Waals surface area contributed by atoms with Gasteiger partial charge in [-0.1, -0.05) is 6.42 Å². The van der Waals surface area contributed by atoms with E-state index in [0.717, 1.165) is 25.5 Å². The number of nitrogens with zero attached hydrogens (tertiary/aromatic N) is 1. The second kappa shape index (κ2) is 4.94. The van der Waals surface area contributed by atoms with Crippen molar-refractivity contribution in [2.75, 3.05) is 26.4 Å². The standard InChI is InChI=1S/C9H18N2O3S/c1-11(7-6-10-15(2,13)14)9(12)8-4-3-5-8/h8,10H,3-7H2,1-2H3. The number of sulfonamides is 1. The molecule has 0 aliphatic heterocycles. The monoisotopic (exact) mass is 234 g/mol. The topological polar surface area (TPSA) is 66.5 Å². The molecule has 1 aliphatic rings. The Labute approximate surface area is 90.9 Å². The molecule has 1 aliphatic carbocycles. The third-order valence-electron chi connectivity index (χ3n) is 2.64. The molecule has 0 unspecified atom stereocenters. The normalized spacial score (nSPS) is 17.2. The van der Waals surface area contributed by atoms with Gasteiger partial charge in [-0.05, 0) is 12.8 Å². The maximum atomic E-state index is 11.6. The smallest absolute Gasteiger partial charge is 0.225 e. The van der Waals surface area contributed by atoms with Crippen LogP contribution in [-0.4, -0.2) is 45.6 Å². The van der Waals surface area contributed by atoms with Crippen molar-refractivity contribution in [2.45, 2.75) is 19.3 Å². The molecule has 0 radical (unpaired) electrons. The van der Waals surface area contributed by atoms with E-state index in [1.807, 2.05) is 0 Å². The SMILES string of the molecule is CN(CCNS(C)(=O)=O)C(=O)C1CCC1. The van der Waals surface area contributed by atoms with Crippen LogP contribution in [-0.2, 0) is 14.8 Å². The third-order valence-corrected chi connectivity index (χ3v) is 3.37. The summed E-state index contributed by atoms with van der Waals surface area (Å²) in [6.45, 7) is 0.718. The van der Waals surface area contributed by atoms with Crippen LogP contribution >= 0.6 is 0 Å². The maximum Gasteiger partial charge on any atom is 0.225 e. The molecule has 0 heterocycles. The minimum absolute atomic E-state index is 0.136. The molecule has 1 saturated carbocycles. The number of amides is 1. The summed E-state index contributed by atoms with van der Waals surface area (Å²) in [6.07, 6.45) is 4.19. The van der Waals surface area contributed by atoms with E-state index in [9.17, 15) is 13.2 Å². The number of carbonyl (C=O) groups is 1. The van der Waals surface area contributed by atoms with E-state index < -0.39 is 10.0 Å². The van der Waals surface area contributed by atoms with Gasteiger partial charge in [-0.2, -0.15) is 0 Å². The molecular formula is C9H18N2O3S. The van der Waals surface area contributed by atoms with Crippen molar-refractivity contribution < 1.29 is 13.2 Å². The summed E-state index contributed by atoms with van der Waals surface area (Å²) >= 11 is 0. The summed E-state index contributed by atoms with van der Waals surface area (Å²) < 4.78 is 23.9. The first-order chi connectivity index (χ1) is 6.90. The molecule has 1 rings (SSSR count). The van der Waals surface area contributed by atoms with Crippen molar-refractivity contribution >= 4 is 15.9 Å². The first-order valence-corrected chi connectivity index (χ1v) is 6.99. The van der Waals surface area contributed by atoms with Crippen LogP contribution in [0.1, 0.15) is 19.3 Å². The van der Waals surface area contributed by atoms with Crippen molar-refractivity contribution in [3.8, 4) is 0 Å². The predicted molar refractivity (Wildman–Crippen MR) is 57.8 cm³/mol. The Kier molecular flexibility index (Phi) is 4.10. The average molecular weight is 234 g/mol. The molecule has 15 heavy (non-hydrogen) atoms. The molecule has 1 N–H and O–H groups in total. The van der Waals surface area contributed by atoms with Gasteiger partial charge >= 0.3 is 0 Å². The molecule has 0 bridgehead atoms. The number of likely N-dealkylation sites (N-methyl/N-ethyl adjacent to an activating group) is 1. The quantitative estimate of drug-likeness (QED) is 0.716. The van der Waals surface area contributed by atoms with E-state index in [0.29, 0.717) is 6.54 Å². The Morgan fingerprint density at radius 2 is 2.07 bits per heavy atom. The lowest BCUT2D eigenvalue weighted by Gasteiger charge is -2.29. The highest BCUT2D eigenvalue weighted by Crippen LogP contribution is 2.27. The van der Waals surface area contributed by atoms with E-state index in [4.69, 9.17) is 0 Å². The molecule has 0 spiro atoms. The largest absolute Gasteiger partial charge is 0.344 e. The van der Waals surface area contributed by atoms with Crippen LogP contribution < -0.4 is 4.72 Å². The zero-order chi connectivity index (χ0) is 11.5. The average Bonchev–Trinajstić information content (AvgIpc) is 1.98. The summed E-state index contributed by atoms with van der Waals surface area (Å²) in [5.41, 5.74) is 0.